The number of aromatic nitrogens is 2. The molecular formula is C39H48N4O4S2. The third kappa shape index (κ3) is 6.68. The van der Waals surface area contributed by atoms with Crippen LogP contribution in [0.1, 0.15) is 94.6 Å². The van der Waals surface area contributed by atoms with Crippen molar-refractivity contribution < 1.29 is 19.4 Å². The van der Waals surface area contributed by atoms with Crippen LogP contribution in [0.3, 0.4) is 0 Å². The van der Waals surface area contributed by atoms with E-state index in [2.05, 4.69) is 46.2 Å². The van der Waals surface area contributed by atoms with Gasteiger partial charge in [0.05, 0.1) is 36.8 Å². The van der Waals surface area contributed by atoms with Crippen molar-refractivity contribution in [2.24, 2.45) is 17.1 Å². The average Bonchev–Trinajstić information content (AvgIpc) is 3.88. The fraction of sp³-hybridized carbons (Fsp3) is 0.513. The second-order valence-corrected chi connectivity index (χ2v) is 17.2. The summed E-state index contributed by atoms with van der Waals surface area (Å²) in [5.74, 6) is 0.0963. The number of hydrogen-bond acceptors (Lipinski definition) is 9. The van der Waals surface area contributed by atoms with E-state index < -0.39 is 0 Å². The number of dihydropyridines is 1. The number of benzene rings is 1. The van der Waals surface area contributed by atoms with Crippen LogP contribution in [0.2, 0.25) is 0 Å². The van der Waals surface area contributed by atoms with Gasteiger partial charge in [0.2, 0.25) is 0 Å². The molecule has 2 saturated carbocycles. The first-order valence-corrected chi connectivity index (χ1v) is 20.1. The summed E-state index contributed by atoms with van der Waals surface area (Å²) >= 11 is 0. The van der Waals surface area contributed by atoms with Crippen LogP contribution < -0.4 is 15.8 Å². The summed E-state index contributed by atoms with van der Waals surface area (Å²) in [7, 11) is 5.36. The smallest absolute Gasteiger partial charge is 0.163 e. The number of methoxy groups -OCH3 is 1. The van der Waals surface area contributed by atoms with Gasteiger partial charge in [-0.1, -0.05) is 72.1 Å². The first-order chi connectivity index (χ1) is 23.7. The number of ketones is 2. The zero-order chi connectivity index (χ0) is 34.2. The number of aromatic hydroxyl groups is 1. The van der Waals surface area contributed by atoms with Crippen molar-refractivity contribution in [1.82, 2.24) is 14.9 Å². The first kappa shape index (κ1) is 34.2. The Kier molecular flexibility index (Phi) is 9.92. The lowest BCUT2D eigenvalue weighted by atomic mass is 9.78. The number of nitrogens with two attached hydrogens (primary N) is 1. The molecule has 4 bridgehead atoms. The molecule has 2 aliphatic heterocycles. The van der Waals surface area contributed by atoms with Crippen molar-refractivity contribution in [1.29, 1.82) is 0 Å². The number of rotatable bonds is 4. The molecule has 4 N–H and O–H groups in total. The monoisotopic (exact) mass is 700 g/mol. The highest BCUT2D eigenvalue weighted by Crippen LogP contribution is 2.62. The van der Waals surface area contributed by atoms with Gasteiger partial charge in [-0.15, -0.1) is 0 Å². The molecule has 1 aromatic carbocycles. The normalized spacial score (nSPS) is 32.8. The molecule has 8 nitrogen and oxygen atoms in total. The highest BCUT2D eigenvalue weighted by Gasteiger charge is 2.55. The minimum absolute atomic E-state index is 0.0281. The number of Topliss-reactive ketones (excluding diaryl/α,β-unsaturated/α-hetero) is 1. The number of fused-ring (bicyclic) bond motifs is 6. The number of carbonyl (C=O) groups is 2. The molecular weight excluding hydrogens is 653 g/mol. The molecule has 1 aromatic heterocycles. The number of nitrogens with one attached hydrogen (secondary N) is 1. The highest BCUT2D eigenvalue weighted by molar-refractivity contribution is 8.77. The van der Waals surface area contributed by atoms with Crippen molar-refractivity contribution in [3.05, 3.63) is 83.6 Å². The van der Waals surface area contributed by atoms with E-state index in [0.717, 1.165) is 48.0 Å². The number of hydrogen-bond donors (Lipinski definition) is 3. The van der Waals surface area contributed by atoms with E-state index in [-0.39, 0.29) is 57.8 Å². The lowest BCUT2D eigenvalue weighted by Gasteiger charge is -2.44. The lowest BCUT2D eigenvalue weighted by molar-refractivity contribution is -0.124. The molecule has 1 unspecified atom stereocenters. The lowest BCUT2D eigenvalue weighted by Crippen LogP contribution is -2.50. The Labute approximate surface area is 297 Å². The number of phenols is 1. The molecule has 6 atom stereocenters. The summed E-state index contributed by atoms with van der Waals surface area (Å²) in [5.41, 5.74) is 11.0. The number of allylic oxidation sites excluding steroid dienone is 4. The Balaban J connectivity index is 1.41. The van der Waals surface area contributed by atoms with E-state index in [0.29, 0.717) is 17.6 Å². The van der Waals surface area contributed by atoms with Gasteiger partial charge in [-0.3, -0.25) is 9.59 Å². The van der Waals surface area contributed by atoms with E-state index in [1.165, 1.54) is 45.3 Å². The van der Waals surface area contributed by atoms with E-state index in [4.69, 9.17) is 10.5 Å². The van der Waals surface area contributed by atoms with Crippen LogP contribution in [0.4, 0.5) is 0 Å². The highest BCUT2D eigenvalue weighted by atomic mass is 33.1. The van der Waals surface area contributed by atoms with Crippen LogP contribution in [0, 0.1) is 11.3 Å². The molecule has 0 saturated heterocycles. The van der Waals surface area contributed by atoms with Crippen LogP contribution in [-0.4, -0.2) is 50.0 Å². The molecule has 49 heavy (non-hydrogen) atoms. The van der Waals surface area contributed by atoms with Gasteiger partial charge >= 0.3 is 0 Å². The van der Waals surface area contributed by atoms with Crippen molar-refractivity contribution >= 4 is 39.2 Å². The van der Waals surface area contributed by atoms with Crippen LogP contribution >= 0.6 is 21.6 Å². The van der Waals surface area contributed by atoms with Crippen molar-refractivity contribution in [3.8, 4) is 11.5 Å². The third-order valence-electron chi connectivity index (χ3n) is 11.8. The maximum atomic E-state index is 13.1. The second-order valence-electron chi connectivity index (χ2n) is 14.7. The summed E-state index contributed by atoms with van der Waals surface area (Å²) in [5, 5.41) is 14.8. The summed E-state index contributed by atoms with van der Waals surface area (Å²) in [6.45, 7) is 2.20. The molecule has 1 spiro atoms. The van der Waals surface area contributed by atoms with Crippen molar-refractivity contribution in [3.63, 3.8) is 0 Å². The Bertz CT molecular complexity index is 1690. The molecule has 7 rings (SSSR count). The van der Waals surface area contributed by atoms with E-state index in [1.807, 2.05) is 40.3 Å². The Hall–Kier alpha value is -3.21. The Morgan fingerprint density at radius 2 is 1.96 bits per heavy atom. The number of nitrogens with zero attached hydrogens (tertiary/aromatic N) is 2. The summed E-state index contributed by atoms with van der Waals surface area (Å²) in [6, 6.07) is 3.53. The number of carbonyl (C=O) groups excluding carboxylic acids is 2. The summed E-state index contributed by atoms with van der Waals surface area (Å²) < 4.78 is 7.89. The van der Waals surface area contributed by atoms with E-state index >= 15 is 0 Å². The Morgan fingerprint density at radius 3 is 2.71 bits per heavy atom. The van der Waals surface area contributed by atoms with Crippen LogP contribution in [0.15, 0.2) is 72.5 Å². The molecule has 0 amide bonds. The number of ether oxygens (including phenoxy) is 1. The molecule has 0 radical (unpaired) electrons. The SMILES string of the molecule is CC[C@H]1CCC(=O)CC(=O)/C=C/c2cc(OC)c(O)cc2[C@@H]2/C=C/[C@H]1SS[C@@H]([C@]1(n3ccnc3)CCC3(CCCC3)C1)C1=CC2=CNC1N. The number of imidazole rings is 1. The first-order valence-electron chi connectivity index (χ1n) is 17.8. The average molecular weight is 701 g/mol. The minimum Gasteiger partial charge on any atom is -0.504 e. The zero-order valence-electron chi connectivity index (χ0n) is 28.5. The van der Waals surface area contributed by atoms with Gasteiger partial charge in [-0.05, 0) is 90.3 Å². The van der Waals surface area contributed by atoms with Gasteiger partial charge in [0, 0.05) is 36.2 Å². The minimum atomic E-state index is -0.365. The van der Waals surface area contributed by atoms with Gasteiger partial charge < -0.3 is 25.5 Å². The predicted molar refractivity (Wildman–Crippen MR) is 198 cm³/mol. The van der Waals surface area contributed by atoms with Crippen molar-refractivity contribution in [2.45, 2.75) is 106 Å². The fourth-order valence-electron chi connectivity index (χ4n) is 9.09. The maximum absolute atomic E-state index is 13.1. The molecule has 5 aliphatic rings. The fourth-order valence-corrected chi connectivity index (χ4v) is 13.1. The van der Waals surface area contributed by atoms with Crippen LogP contribution in [-0.2, 0) is 15.1 Å². The molecule has 2 fully saturated rings. The maximum Gasteiger partial charge on any atom is 0.163 e. The summed E-state index contributed by atoms with van der Waals surface area (Å²) in [6.07, 6.45) is 28.3. The standard InChI is InChI=1S/C39H48N4O4S2/c1-3-25-6-8-28(44)20-29(45)9-7-26-19-34(47-2)33(46)21-31(26)30-10-11-35(25)48-49-36(32-18-27(30)22-42-37(32)40)39(43-17-16-41-24-43)15-14-38(23-39)12-4-5-13-38/h7,9-11,16-19,21-22,24-25,30,35-37,42,46H,3-6,8,12-15,20,23,40H2,1-2H3/b9-7+,11-10+/t25-,30+,35+,36+,37?,39-/m0/s1. The molecule has 3 aliphatic carbocycles. The van der Waals surface area contributed by atoms with Gasteiger partial charge in [-0.25, -0.2) is 4.98 Å². The number of phenolic OH excluding ortho intramolecular Hbond substituents is 1. The van der Waals surface area contributed by atoms with E-state index in [1.54, 1.807) is 18.2 Å². The molecule has 3 heterocycles. The molecule has 2 aromatic rings. The summed E-state index contributed by atoms with van der Waals surface area (Å²) in [4.78, 5) is 30.6. The van der Waals surface area contributed by atoms with Gasteiger partial charge in [0.1, 0.15) is 5.78 Å². The zero-order valence-corrected chi connectivity index (χ0v) is 30.1. The van der Waals surface area contributed by atoms with Gasteiger partial charge in [-0.2, -0.15) is 0 Å². The van der Waals surface area contributed by atoms with Gasteiger partial charge in [0.25, 0.3) is 0 Å². The topological polar surface area (TPSA) is 119 Å². The predicted octanol–water partition coefficient (Wildman–Crippen LogP) is 7.57. The quantitative estimate of drug-likeness (QED) is 0.169. The van der Waals surface area contributed by atoms with Gasteiger partial charge in [0.15, 0.2) is 17.3 Å². The van der Waals surface area contributed by atoms with E-state index in [9.17, 15) is 14.7 Å². The Morgan fingerprint density at radius 1 is 1.12 bits per heavy atom. The largest absolute Gasteiger partial charge is 0.504 e. The third-order valence-corrected chi connectivity index (χ3v) is 15.2. The molecule has 10 heteroatoms. The second kappa shape index (κ2) is 14.2. The van der Waals surface area contributed by atoms with Crippen molar-refractivity contribution in [2.75, 3.05) is 7.11 Å². The molecule has 260 valence electrons. The van der Waals surface area contributed by atoms with Crippen LogP contribution in [0.5, 0.6) is 11.5 Å². The van der Waals surface area contributed by atoms with Crippen LogP contribution in [0.25, 0.3) is 6.08 Å².